The number of carbonyl (C=O) groups excluding carboxylic acids is 1. The topological polar surface area (TPSA) is 66.8 Å². The molecule has 0 aromatic heterocycles. The molecule has 28 heavy (non-hydrogen) atoms. The van der Waals surface area contributed by atoms with Gasteiger partial charge in [-0.05, 0) is 12.8 Å². The summed E-state index contributed by atoms with van der Waals surface area (Å²) in [4.78, 5) is 11.8. The minimum atomic E-state index is -0.690. The Labute approximate surface area is 174 Å². The lowest BCUT2D eigenvalue weighted by molar-refractivity contribution is -0.149. The van der Waals surface area contributed by atoms with Gasteiger partial charge in [-0.3, -0.25) is 4.79 Å². The van der Waals surface area contributed by atoms with Crippen molar-refractivity contribution in [1.82, 2.24) is 0 Å². The number of ether oxygens (including phenoxy) is 1. The van der Waals surface area contributed by atoms with E-state index in [0.29, 0.717) is 12.8 Å². The van der Waals surface area contributed by atoms with Gasteiger partial charge in [0.1, 0.15) is 6.61 Å². The molecule has 0 aliphatic heterocycles. The molecule has 0 unspecified atom stereocenters. The number of aliphatic hydroxyl groups excluding tert-OH is 2. The Morgan fingerprint density at radius 1 is 0.679 bits per heavy atom. The van der Waals surface area contributed by atoms with Crippen molar-refractivity contribution in [3.8, 4) is 0 Å². The van der Waals surface area contributed by atoms with Crippen molar-refractivity contribution in [3.05, 3.63) is 0 Å². The Morgan fingerprint density at radius 3 is 1.43 bits per heavy atom. The van der Waals surface area contributed by atoms with Gasteiger partial charge in [-0.25, -0.2) is 0 Å². The molecule has 0 aromatic carbocycles. The lowest BCUT2D eigenvalue weighted by atomic mass is 9.88. The summed E-state index contributed by atoms with van der Waals surface area (Å²) >= 11 is 0. The van der Waals surface area contributed by atoms with Crippen LogP contribution in [0.1, 0.15) is 123 Å². The molecular weight excluding hydrogens is 352 g/mol. The highest BCUT2D eigenvalue weighted by Gasteiger charge is 2.28. The molecule has 0 fully saturated rings. The number of hydrogen-bond donors (Lipinski definition) is 2. The Hall–Kier alpha value is -0.610. The predicted octanol–water partition coefficient (Wildman–Crippen LogP) is 6.17. The van der Waals surface area contributed by atoms with Crippen LogP contribution in [0.3, 0.4) is 0 Å². The summed E-state index contributed by atoms with van der Waals surface area (Å²) in [5.41, 5.74) is -0.690. The normalized spacial score (nSPS) is 11.7. The second-order valence-electron chi connectivity index (χ2n) is 8.53. The van der Waals surface area contributed by atoms with Crippen LogP contribution in [0.2, 0.25) is 0 Å². The molecule has 0 aliphatic rings. The zero-order valence-electron chi connectivity index (χ0n) is 18.9. The fourth-order valence-electron chi connectivity index (χ4n) is 3.41. The van der Waals surface area contributed by atoms with E-state index in [1.165, 1.54) is 83.5 Å². The molecule has 0 aliphatic carbocycles. The molecule has 0 saturated carbocycles. The first kappa shape index (κ1) is 27.4. The van der Waals surface area contributed by atoms with Crippen molar-refractivity contribution in [2.24, 2.45) is 5.41 Å². The Morgan fingerprint density at radius 2 is 1.07 bits per heavy atom. The molecule has 0 spiro atoms. The first-order valence-corrected chi connectivity index (χ1v) is 12.0. The van der Waals surface area contributed by atoms with Crippen LogP contribution in [0.5, 0.6) is 0 Å². The summed E-state index contributed by atoms with van der Waals surface area (Å²) < 4.78 is 5.24. The molecule has 0 rings (SSSR count). The lowest BCUT2D eigenvalue weighted by Gasteiger charge is -2.27. The number of esters is 1. The molecule has 0 atom stereocenters. The van der Waals surface area contributed by atoms with E-state index in [2.05, 4.69) is 6.92 Å². The van der Waals surface area contributed by atoms with Gasteiger partial charge in [-0.1, -0.05) is 104 Å². The predicted molar refractivity (Wildman–Crippen MR) is 117 cm³/mol. The van der Waals surface area contributed by atoms with Crippen LogP contribution in [-0.2, 0) is 9.53 Å². The Balaban J connectivity index is 3.36. The van der Waals surface area contributed by atoms with Gasteiger partial charge >= 0.3 is 5.97 Å². The highest BCUT2D eigenvalue weighted by Crippen LogP contribution is 2.21. The quantitative estimate of drug-likeness (QED) is 0.178. The fourth-order valence-corrected chi connectivity index (χ4v) is 3.41. The first-order chi connectivity index (χ1) is 13.6. The summed E-state index contributed by atoms with van der Waals surface area (Å²) in [7, 11) is 0. The minimum absolute atomic E-state index is 0.105. The monoisotopic (exact) mass is 400 g/mol. The molecule has 0 saturated heterocycles. The smallest absolute Gasteiger partial charge is 0.305 e. The van der Waals surface area contributed by atoms with Crippen LogP contribution in [0.15, 0.2) is 0 Å². The van der Waals surface area contributed by atoms with Crippen molar-refractivity contribution < 1.29 is 19.7 Å². The zero-order chi connectivity index (χ0) is 20.9. The Bertz CT molecular complexity index is 331. The van der Waals surface area contributed by atoms with Crippen molar-refractivity contribution in [3.63, 3.8) is 0 Å². The third-order valence-electron chi connectivity index (χ3n) is 5.94. The first-order valence-electron chi connectivity index (χ1n) is 12.0. The highest BCUT2D eigenvalue weighted by atomic mass is 16.5. The standard InChI is InChI=1S/C24H48O4/c1-3-5-6-7-8-9-10-11-12-13-14-15-16-17-18-19-23(27)28-22-24(4-2,20-25)21-26/h25-26H,3-22H2,1-2H3. The van der Waals surface area contributed by atoms with Crippen LogP contribution in [0.25, 0.3) is 0 Å². The van der Waals surface area contributed by atoms with E-state index < -0.39 is 5.41 Å². The number of carbonyl (C=O) groups is 1. The average Bonchev–Trinajstić information content (AvgIpc) is 2.72. The van der Waals surface area contributed by atoms with E-state index in [-0.39, 0.29) is 25.8 Å². The van der Waals surface area contributed by atoms with E-state index in [9.17, 15) is 15.0 Å². The maximum Gasteiger partial charge on any atom is 0.305 e. The maximum absolute atomic E-state index is 11.8. The van der Waals surface area contributed by atoms with E-state index in [1.807, 2.05) is 6.92 Å². The molecule has 4 nitrogen and oxygen atoms in total. The van der Waals surface area contributed by atoms with Gasteiger partial charge < -0.3 is 14.9 Å². The zero-order valence-corrected chi connectivity index (χ0v) is 18.9. The van der Waals surface area contributed by atoms with E-state index >= 15 is 0 Å². The molecule has 0 bridgehead atoms. The van der Waals surface area contributed by atoms with Crippen LogP contribution in [0, 0.1) is 5.41 Å². The van der Waals surface area contributed by atoms with Crippen LogP contribution < -0.4 is 0 Å². The second kappa shape index (κ2) is 19.7. The summed E-state index contributed by atoms with van der Waals surface area (Å²) in [6.45, 7) is 3.94. The van der Waals surface area contributed by atoms with Crippen molar-refractivity contribution >= 4 is 5.97 Å². The third kappa shape index (κ3) is 15.3. The second-order valence-corrected chi connectivity index (χ2v) is 8.53. The number of unbranched alkanes of at least 4 members (excludes halogenated alkanes) is 14. The van der Waals surface area contributed by atoms with Gasteiger partial charge in [0.15, 0.2) is 0 Å². The molecule has 0 amide bonds. The van der Waals surface area contributed by atoms with E-state index in [4.69, 9.17) is 4.74 Å². The number of hydrogen-bond acceptors (Lipinski definition) is 4. The van der Waals surface area contributed by atoms with Crippen molar-refractivity contribution in [1.29, 1.82) is 0 Å². The molecule has 2 N–H and O–H groups in total. The molecule has 4 heteroatoms. The summed E-state index contributed by atoms with van der Waals surface area (Å²) in [5, 5.41) is 18.7. The van der Waals surface area contributed by atoms with Gasteiger partial charge in [0, 0.05) is 6.42 Å². The summed E-state index contributed by atoms with van der Waals surface area (Å²) in [6.07, 6.45) is 20.6. The molecule has 168 valence electrons. The average molecular weight is 401 g/mol. The summed E-state index contributed by atoms with van der Waals surface area (Å²) in [5.74, 6) is -0.214. The van der Waals surface area contributed by atoms with E-state index in [0.717, 1.165) is 12.8 Å². The van der Waals surface area contributed by atoms with Gasteiger partial charge in [-0.2, -0.15) is 0 Å². The molecule has 0 heterocycles. The van der Waals surface area contributed by atoms with Crippen molar-refractivity contribution in [2.75, 3.05) is 19.8 Å². The van der Waals surface area contributed by atoms with Gasteiger partial charge in [-0.15, -0.1) is 0 Å². The maximum atomic E-state index is 11.8. The number of aliphatic hydroxyl groups is 2. The molecule has 0 radical (unpaired) electrons. The molecular formula is C24H48O4. The van der Waals surface area contributed by atoms with Gasteiger partial charge in [0.25, 0.3) is 0 Å². The minimum Gasteiger partial charge on any atom is -0.465 e. The Kier molecular flexibility index (Phi) is 19.3. The fraction of sp³-hybridized carbons (Fsp3) is 0.958. The largest absolute Gasteiger partial charge is 0.465 e. The van der Waals surface area contributed by atoms with Gasteiger partial charge in [0.2, 0.25) is 0 Å². The third-order valence-corrected chi connectivity index (χ3v) is 5.94. The van der Waals surface area contributed by atoms with Gasteiger partial charge in [0.05, 0.1) is 18.6 Å². The van der Waals surface area contributed by atoms with Crippen LogP contribution in [0.4, 0.5) is 0 Å². The molecule has 0 aromatic rings. The summed E-state index contributed by atoms with van der Waals surface area (Å²) in [6, 6.07) is 0. The van der Waals surface area contributed by atoms with Crippen molar-refractivity contribution in [2.45, 2.75) is 123 Å². The highest BCUT2D eigenvalue weighted by molar-refractivity contribution is 5.69. The lowest BCUT2D eigenvalue weighted by Crippen LogP contribution is -2.35. The van der Waals surface area contributed by atoms with Crippen LogP contribution >= 0.6 is 0 Å². The van der Waals surface area contributed by atoms with Crippen LogP contribution in [-0.4, -0.2) is 36.0 Å². The SMILES string of the molecule is CCCCCCCCCCCCCCCCCC(=O)OCC(CC)(CO)CO. The van der Waals surface area contributed by atoms with E-state index in [1.54, 1.807) is 0 Å². The number of rotatable bonds is 21.